The Morgan fingerprint density at radius 2 is 1.85 bits per heavy atom. The maximum atomic E-state index is 12.2. The van der Waals surface area contributed by atoms with Gasteiger partial charge in [-0.25, -0.2) is 9.48 Å². The van der Waals surface area contributed by atoms with Crippen LogP contribution in [0.1, 0.15) is 36.9 Å². The molecule has 1 amide bonds. The van der Waals surface area contributed by atoms with Crippen molar-refractivity contribution in [3.8, 4) is 0 Å². The third-order valence-electron chi connectivity index (χ3n) is 4.33. The van der Waals surface area contributed by atoms with Gasteiger partial charge in [0.1, 0.15) is 6.54 Å². The molecule has 1 aromatic carbocycles. The van der Waals surface area contributed by atoms with Crippen molar-refractivity contribution in [2.24, 2.45) is 5.73 Å². The van der Waals surface area contributed by atoms with E-state index in [0.29, 0.717) is 18.1 Å². The lowest BCUT2D eigenvalue weighted by molar-refractivity contribution is -0.121. The van der Waals surface area contributed by atoms with Crippen LogP contribution in [-0.4, -0.2) is 26.6 Å². The van der Waals surface area contributed by atoms with E-state index in [2.05, 4.69) is 36.4 Å². The summed E-state index contributed by atoms with van der Waals surface area (Å²) in [5.41, 5.74) is 8.52. The highest BCUT2D eigenvalue weighted by Gasteiger charge is 2.12. The SMILES string of the molecule is CC(C)c1ccc(C(N)CNC(=O)Cn2nc3ccccn3c2=O)cc1. The molecule has 7 nitrogen and oxygen atoms in total. The van der Waals surface area contributed by atoms with Crippen molar-refractivity contribution in [2.75, 3.05) is 6.54 Å². The fourth-order valence-electron chi connectivity index (χ4n) is 2.73. The van der Waals surface area contributed by atoms with E-state index in [9.17, 15) is 9.59 Å². The lowest BCUT2D eigenvalue weighted by Gasteiger charge is -2.14. The quantitative estimate of drug-likeness (QED) is 0.701. The number of hydrogen-bond acceptors (Lipinski definition) is 4. The number of nitrogens with one attached hydrogen (secondary N) is 1. The van der Waals surface area contributed by atoms with Gasteiger partial charge in [-0.1, -0.05) is 44.2 Å². The predicted octanol–water partition coefficient (Wildman–Crippen LogP) is 1.44. The molecule has 3 aromatic rings. The first-order chi connectivity index (χ1) is 12.5. The second kappa shape index (κ2) is 7.53. The Hall–Kier alpha value is -2.93. The summed E-state index contributed by atoms with van der Waals surface area (Å²) in [5.74, 6) is 0.161. The van der Waals surface area contributed by atoms with Crippen molar-refractivity contribution >= 4 is 11.6 Å². The van der Waals surface area contributed by atoms with Gasteiger partial charge in [0.25, 0.3) is 0 Å². The standard InChI is InChI=1S/C19H23N5O2/c1-13(2)14-6-8-15(9-7-14)16(20)11-21-18(25)12-24-19(26)23-10-4-3-5-17(23)22-24/h3-10,13,16H,11-12,20H2,1-2H3,(H,21,25). The van der Waals surface area contributed by atoms with Crippen LogP contribution in [-0.2, 0) is 11.3 Å². The van der Waals surface area contributed by atoms with Crippen molar-refractivity contribution in [1.82, 2.24) is 19.5 Å². The zero-order chi connectivity index (χ0) is 18.7. The summed E-state index contributed by atoms with van der Waals surface area (Å²) >= 11 is 0. The smallest absolute Gasteiger partial charge is 0.350 e. The highest BCUT2D eigenvalue weighted by Crippen LogP contribution is 2.17. The number of amides is 1. The molecule has 1 atom stereocenters. The van der Waals surface area contributed by atoms with Crippen molar-refractivity contribution in [3.63, 3.8) is 0 Å². The van der Waals surface area contributed by atoms with E-state index in [1.807, 2.05) is 12.1 Å². The lowest BCUT2D eigenvalue weighted by Crippen LogP contribution is -2.36. The second-order valence-electron chi connectivity index (χ2n) is 6.60. The minimum absolute atomic E-state index is 0.139. The van der Waals surface area contributed by atoms with Gasteiger partial charge in [-0.05, 0) is 29.2 Å². The van der Waals surface area contributed by atoms with Crippen LogP contribution in [0.2, 0.25) is 0 Å². The normalized spacial score (nSPS) is 12.5. The Balaban J connectivity index is 1.59. The number of nitrogens with zero attached hydrogens (tertiary/aromatic N) is 3. The summed E-state index contributed by atoms with van der Waals surface area (Å²) in [6, 6.07) is 13.0. The zero-order valence-corrected chi connectivity index (χ0v) is 14.9. The van der Waals surface area contributed by atoms with Gasteiger partial charge >= 0.3 is 5.69 Å². The highest BCUT2D eigenvalue weighted by atomic mass is 16.2. The number of benzene rings is 1. The molecule has 0 fully saturated rings. The molecule has 0 bridgehead atoms. The lowest BCUT2D eigenvalue weighted by atomic mass is 9.99. The van der Waals surface area contributed by atoms with E-state index in [-0.39, 0.29) is 24.2 Å². The molecule has 1 unspecified atom stereocenters. The molecule has 0 aliphatic rings. The van der Waals surface area contributed by atoms with Crippen LogP contribution < -0.4 is 16.7 Å². The minimum Gasteiger partial charge on any atom is -0.353 e. The van der Waals surface area contributed by atoms with Gasteiger partial charge in [0.05, 0.1) is 0 Å². The predicted molar refractivity (Wildman–Crippen MR) is 99.9 cm³/mol. The van der Waals surface area contributed by atoms with Crippen LogP contribution in [0.5, 0.6) is 0 Å². The summed E-state index contributed by atoms with van der Waals surface area (Å²) in [7, 11) is 0. The molecule has 2 aromatic heterocycles. The summed E-state index contributed by atoms with van der Waals surface area (Å²) in [4.78, 5) is 24.3. The molecule has 0 spiro atoms. The van der Waals surface area contributed by atoms with Crippen LogP contribution in [0.15, 0.2) is 53.5 Å². The molecule has 3 N–H and O–H groups in total. The number of pyridine rings is 1. The van der Waals surface area contributed by atoms with Crippen molar-refractivity contribution in [2.45, 2.75) is 32.4 Å². The third kappa shape index (κ3) is 3.83. The minimum atomic E-state index is -0.343. The van der Waals surface area contributed by atoms with Gasteiger partial charge in [-0.15, -0.1) is 5.10 Å². The van der Waals surface area contributed by atoms with Gasteiger partial charge in [0.15, 0.2) is 5.65 Å². The summed E-state index contributed by atoms with van der Waals surface area (Å²) in [6.07, 6.45) is 1.62. The molecular weight excluding hydrogens is 330 g/mol. The molecule has 2 heterocycles. The molecule has 0 radical (unpaired) electrons. The fraction of sp³-hybridized carbons (Fsp3) is 0.316. The molecule has 3 rings (SSSR count). The summed E-state index contributed by atoms with van der Waals surface area (Å²) in [6.45, 7) is 4.42. The van der Waals surface area contributed by atoms with Crippen LogP contribution in [0.25, 0.3) is 5.65 Å². The molecule has 7 heteroatoms. The molecule has 136 valence electrons. The molecule has 0 saturated carbocycles. The maximum Gasteiger partial charge on any atom is 0.350 e. The van der Waals surface area contributed by atoms with Crippen LogP contribution in [0, 0.1) is 0 Å². The van der Waals surface area contributed by atoms with Crippen molar-refractivity contribution in [3.05, 3.63) is 70.3 Å². The molecule has 0 saturated heterocycles. The Bertz CT molecular complexity index is 956. The van der Waals surface area contributed by atoms with E-state index in [4.69, 9.17) is 5.73 Å². The Labute approximate surface area is 151 Å². The van der Waals surface area contributed by atoms with E-state index in [1.54, 1.807) is 24.4 Å². The van der Waals surface area contributed by atoms with E-state index in [0.717, 1.165) is 10.2 Å². The molecule has 0 aliphatic carbocycles. The number of hydrogen-bond donors (Lipinski definition) is 2. The van der Waals surface area contributed by atoms with Crippen molar-refractivity contribution in [1.29, 1.82) is 0 Å². The molecule has 0 aliphatic heterocycles. The van der Waals surface area contributed by atoms with Gasteiger partial charge < -0.3 is 11.1 Å². The molecule has 26 heavy (non-hydrogen) atoms. The summed E-state index contributed by atoms with van der Waals surface area (Å²) < 4.78 is 2.54. The van der Waals surface area contributed by atoms with Gasteiger partial charge in [0.2, 0.25) is 5.91 Å². The number of aromatic nitrogens is 3. The van der Waals surface area contributed by atoms with E-state index < -0.39 is 0 Å². The zero-order valence-electron chi connectivity index (χ0n) is 14.9. The Kier molecular flexibility index (Phi) is 5.18. The van der Waals surface area contributed by atoms with Crippen LogP contribution in [0.3, 0.4) is 0 Å². The first-order valence-electron chi connectivity index (χ1n) is 8.62. The third-order valence-corrected chi connectivity index (χ3v) is 4.33. The average molecular weight is 353 g/mol. The monoisotopic (exact) mass is 353 g/mol. The van der Waals surface area contributed by atoms with Crippen molar-refractivity contribution < 1.29 is 4.79 Å². The number of carbonyl (C=O) groups is 1. The number of fused-ring (bicyclic) bond motifs is 1. The molecular formula is C19H23N5O2. The van der Waals surface area contributed by atoms with E-state index in [1.165, 1.54) is 9.96 Å². The van der Waals surface area contributed by atoms with Gasteiger partial charge in [-0.2, -0.15) is 0 Å². The summed E-state index contributed by atoms with van der Waals surface area (Å²) in [5, 5.41) is 6.90. The van der Waals surface area contributed by atoms with Crippen LogP contribution >= 0.6 is 0 Å². The number of rotatable bonds is 6. The first-order valence-corrected chi connectivity index (χ1v) is 8.62. The maximum absolute atomic E-state index is 12.2. The van der Waals surface area contributed by atoms with Gasteiger partial charge in [0, 0.05) is 18.8 Å². The first kappa shape index (κ1) is 17.9. The fourth-order valence-corrected chi connectivity index (χ4v) is 2.73. The van der Waals surface area contributed by atoms with E-state index >= 15 is 0 Å². The average Bonchev–Trinajstić information content (AvgIpc) is 2.95. The number of nitrogens with two attached hydrogens (primary N) is 1. The Morgan fingerprint density at radius 1 is 1.15 bits per heavy atom. The van der Waals surface area contributed by atoms with Gasteiger partial charge in [-0.3, -0.25) is 9.20 Å². The largest absolute Gasteiger partial charge is 0.353 e. The Morgan fingerprint density at radius 3 is 2.50 bits per heavy atom. The number of carbonyl (C=O) groups excluding carboxylic acids is 1. The second-order valence-corrected chi connectivity index (χ2v) is 6.60. The van der Waals surface area contributed by atoms with Crippen LogP contribution in [0.4, 0.5) is 0 Å². The topological polar surface area (TPSA) is 94.4 Å². The highest BCUT2D eigenvalue weighted by molar-refractivity contribution is 5.75.